The molecule has 1 amide bonds. The molecule has 6 heteroatoms. The number of carboxylic acid groups (broad SMARTS) is 1. The molecule has 21 heavy (non-hydrogen) atoms. The Balaban J connectivity index is 2.02. The number of piperidine rings is 1. The zero-order valence-electron chi connectivity index (χ0n) is 12.8. The predicted octanol–water partition coefficient (Wildman–Crippen LogP) is 1.40. The zero-order valence-corrected chi connectivity index (χ0v) is 12.8. The van der Waals surface area contributed by atoms with E-state index in [1.165, 1.54) is 0 Å². The van der Waals surface area contributed by atoms with Gasteiger partial charge in [-0.3, -0.25) is 4.79 Å². The molecule has 1 saturated heterocycles. The number of carboxylic acids is 1. The minimum absolute atomic E-state index is 0.0926. The summed E-state index contributed by atoms with van der Waals surface area (Å²) in [6.45, 7) is 6.13. The third-order valence-electron chi connectivity index (χ3n) is 4.15. The predicted molar refractivity (Wildman–Crippen MR) is 79.8 cm³/mol. The highest BCUT2D eigenvalue weighted by molar-refractivity contribution is 6.00. The topological polar surface area (TPSA) is 85.4 Å². The Morgan fingerprint density at radius 3 is 2.71 bits per heavy atom. The Morgan fingerprint density at radius 2 is 2.14 bits per heavy atom. The van der Waals surface area contributed by atoms with Crippen molar-refractivity contribution in [2.45, 2.75) is 26.7 Å². The molecule has 0 spiro atoms. The van der Waals surface area contributed by atoms with Crippen LogP contribution < -0.4 is 5.32 Å². The summed E-state index contributed by atoms with van der Waals surface area (Å²) in [6, 6.07) is 0. The van der Waals surface area contributed by atoms with Crippen molar-refractivity contribution in [2.75, 3.05) is 26.7 Å². The van der Waals surface area contributed by atoms with Gasteiger partial charge in [-0.2, -0.15) is 0 Å². The first kappa shape index (κ1) is 15.6. The van der Waals surface area contributed by atoms with Crippen LogP contribution in [0.5, 0.6) is 0 Å². The largest absolute Gasteiger partial charge is 0.477 e. The Morgan fingerprint density at radius 1 is 1.43 bits per heavy atom. The number of carbonyl (C=O) groups is 2. The van der Waals surface area contributed by atoms with E-state index in [9.17, 15) is 9.59 Å². The van der Waals surface area contributed by atoms with Crippen molar-refractivity contribution in [1.82, 2.24) is 15.2 Å². The van der Waals surface area contributed by atoms with Crippen LogP contribution in [0.1, 0.15) is 44.9 Å². The second kappa shape index (κ2) is 6.30. The van der Waals surface area contributed by atoms with Crippen LogP contribution in [0.2, 0.25) is 0 Å². The van der Waals surface area contributed by atoms with Crippen LogP contribution in [0.3, 0.4) is 0 Å². The van der Waals surface area contributed by atoms with Crippen LogP contribution in [0.25, 0.3) is 0 Å². The maximum atomic E-state index is 12.3. The average molecular weight is 293 g/mol. The molecule has 1 unspecified atom stereocenters. The van der Waals surface area contributed by atoms with Gasteiger partial charge in [-0.25, -0.2) is 4.79 Å². The van der Waals surface area contributed by atoms with Gasteiger partial charge in [-0.15, -0.1) is 0 Å². The van der Waals surface area contributed by atoms with Gasteiger partial charge in [0.15, 0.2) is 0 Å². The summed E-state index contributed by atoms with van der Waals surface area (Å²) < 4.78 is 0. The van der Waals surface area contributed by atoms with Crippen molar-refractivity contribution < 1.29 is 14.7 Å². The van der Waals surface area contributed by atoms with E-state index in [0.717, 1.165) is 25.9 Å². The summed E-state index contributed by atoms with van der Waals surface area (Å²) in [6.07, 6.45) is 2.28. The first-order valence-corrected chi connectivity index (χ1v) is 7.29. The zero-order chi connectivity index (χ0) is 15.6. The number of amides is 1. The third-order valence-corrected chi connectivity index (χ3v) is 4.15. The van der Waals surface area contributed by atoms with E-state index in [-0.39, 0.29) is 11.6 Å². The average Bonchev–Trinajstić information content (AvgIpc) is 2.72. The standard InChI is InChI=1S/C15H23N3O3/c1-9-12(10(2)17-13(9)15(20)21)14(19)16-7-11-5-4-6-18(3)8-11/h11,17H,4-8H2,1-3H3,(H,16,19)(H,20,21). The van der Waals surface area contributed by atoms with Gasteiger partial charge in [0, 0.05) is 18.8 Å². The van der Waals surface area contributed by atoms with Gasteiger partial charge in [-0.1, -0.05) is 0 Å². The molecule has 6 nitrogen and oxygen atoms in total. The van der Waals surface area contributed by atoms with Gasteiger partial charge >= 0.3 is 5.97 Å². The number of aromatic nitrogens is 1. The first-order chi connectivity index (χ1) is 9.90. The molecule has 0 aliphatic carbocycles. The number of carbonyl (C=O) groups excluding carboxylic acids is 1. The number of hydrogen-bond acceptors (Lipinski definition) is 3. The molecule has 1 aliphatic rings. The number of aryl methyl sites for hydroxylation is 1. The minimum Gasteiger partial charge on any atom is -0.477 e. The van der Waals surface area contributed by atoms with E-state index in [1.807, 2.05) is 0 Å². The van der Waals surface area contributed by atoms with E-state index in [0.29, 0.717) is 29.3 Å². The lowest BCUT2D eigenvalue weighted by Gasteiger charge is -2.29. The van der Waals surface area contributed by atoms with Gasteiger partial charge in [-0.05, 0) is 51.8 Å². The van der Waals surface area contributed by atoms with E-state index in [1.54, 1.807) is 13.8 Å². The second-order valence-electron chi connectivity index (χ2n) is 5.91. The molecule has 116 valence electrons. The van der Waals surface area contributed by atoms with E-state index in [4.69, 9.17) is 5.11 Å². The molecule has 1 aromatic rings. The Bertz CT molecular complexity index is 551. The Labute approximate surface area is 124 Å². The molecule has 0 radical (unpaired) electrons. The molecular formula is C15H23N3O3. The van der Waals surface area contributed by atoms with Crippen LogP contribution in [-0.4, -0.2) is 53.5 Å². The fourth-order valence-electron chi connectivity index (χ4n) is 3.07. The molecular weight excluding hydrogens is 270 g/mol. The number of likely N-dealkylation sites (tertiary alicyclic amines) is 1. The summed E-state index contributed by atoms with van der Waals surface area (Å²) in [5, 5.41) is 12.0. The monoisotopic (exact) mass is 293 g/mol. The van der Waals surface area contributed by atoms with Gasteiger partial charge in [0.2, 0.25) is 0 Å². The highest BCUT2D eigenvalue weighted by atomic mass is 16.4. The van der Waals surface area contributed by atoms with Crippen LogP contribution in [-0.2, 0) is 0 Å². The van der Waals surface area contributed by atoms with E-state index < -0.39 is 5.97 Å². The number of aromatic amines is 1. The third kappa shape index (κ3) is 3.44. The molecule has 3 N–H and O–H groups in total. The highest BCUT2D eigenvalue weighted by Gasteiger charge is 2.23. The maximum Gasteiger partial charge on any atom is 0.352 e. The van der Waals surface area contributed by atoms with Gasteiger partial charge < -0.3 is 20.3 Å². The quantitative estimate of drug-likeness (QED) is 0.783. The lowest BCUT2D eigenvalue weighted by atomic mass is 9.98. The number of nitrogens with one attached hydrogen (secondary N) is 2. The lowest BCUT2D eigenvalue weighted by Crippen LogP contribution is -2.39. The summed E-state index contributed by atoms with van der Waals surface area (Å²) in [5.74, 6) is -0.767. The SMILES string of the molecule is Cc1[nH]c(C(=O)O)c(C)c1C(=O)NCC1CCCN(C)C1. The number of aromatic carboxylic acids is 1. The molecule has 0 bridgehead atoms. The molecule has 1 atom stereocenters. The van der Waals surface area contributed by atoms with Crippen molar-refractivity contribution in [1.29, 1.82) is 0 Å². The Kier molecular flexibility index (Phi) is 4.67. The van der Waals surface area contributed by atoms with E-state index in [2.05, 4.69) is 22.2 Å². The van der Waals surface area contributed by atoms with Crippen molar-refractivity contribution in [2.24, 2.45) is 5.92 Å². The van der Waals surface area contributed by atoms with Crippen LogP contribution >= 0.6 is 0 Å². The highest BCUT2D eigenvalue weighted by Crippen LogP contribution is 2.19. The maximum absolute atomic E-state index is 12.3. The lowest BCUT2D eigenvalue weighted by molar-refractivity contribution is 0.0690. The van der Waals surface area contributed by atoms with E-state index >= 15 is 0 Å². The normalized spacial score (nSPS) is 19.5. The fourth-order valence-corrected chi connectivity index (χ4v) is 3.07. The van der Waals surface area contributed by atoms with Gasteiger partial charge in [0.1, 0.15) is 5.69 Å². The summed E-state index contributed by atoms with van der Waals surface area (Å²) >= 11 is 0. The summed E-state index contributed by atoms with van der Waals surface area (Å²) in [7, 11) is 2.09. The molecule has 2 rings (SSSR count). The smallest absolute Gasteiger partial charge is 0.352 e. The number of rotatable bonds is 4. The van der Waals surface area contributed by atoms with Crippen molar-refractivity contribution in [3.8, 4) is 0 Å². The second-order valence-corrected chi connectivity index (χ2v) is 5.91. The van der Waals surface area contributed by atoms with Crippen LogP contribution in [0, 0.1) is 19.8 Å². The fraction of sp³-hybridized carbons (Fsp3) is 0.600. The summed E-state index contributed by atoms with van der Waals surface area (Å²) in [5.41, 5.74) is 1.65. The number of nitrogens with zero attached hydrogens (tertiary/aromatic N) is 1. The number of hydrogen-bond donors (Lipinski definition) is 3. The molecule has 2 heterocycles. The van der Waals surface area contributed by atoms with Crippen LogP contribution in [0.4, 0.5) is 0 Å². The molecule has 1 fully saturated rings. The molecule has 1 aromatic heterocycles. The van der Waals surface area contributed by atoms with Crippen molar-refractivity contribution >= 4 is 11.9 Å². The molecule has 0 aromatic carbocycles. The van der Waals surface area contributed by atoms with Gasteiger partial charge in [0.25, 0.3) is 5.91 Å². The first-order valence-electron chi connectivity index (χ1n) is 7.29. The number of H-pyrrole nitrogens is 1. The summed E-state index contributed by atoms with van der Waals surface area (Å²) in [4.78, 5) is 28.4. The molecule has 0 saturated carbocycles. The Hall–Kier alpha value is -1.82. The van der Waals surface area contributed by atoms with Crippen LogP contribution in [0.15, 0.2) is 0 Å². The molecule has 1 aliphatic heterocycles. The van der Waals surface area contributed by atoms with Gasteiger partial charge in [0.05, 0.1) is 5.56 Å². The minimum atomic E-state index is -1.04. The van der Waals surface area contributed by atoms with Crippen molar-refractivity contribution in [3.05, 3.63) is 22.5 Å². The van der Waals surface area contributed by atoms with Crippen molar-refractivity contribution in [3.63, 3.8) is 0 Å².